The van der Waals surface area contributed by atoms with Crippen molar-refractivity contribution in [3.8, 4) is 5.75 Å². The zero-order valence-corrected chi connectivity index (χ0v) is 14.7. The van der Waals surface area contributed by atoms with Gasteiger partial charge in [0.2, 0.25) is 10.0 Å². The highest BCUT2D eigenvalue weighted by molar-refractivity contribution is 7.89. The lowest BCUT2D eigenvalue weighted by Crippen LogP contribution is -2.48. The lowest BCUT2D eigenvalue weighted by molar-refractivity contribution is -0.144. The van der Waals surface area contributed by atoms with E-state index >= 15 is 0 Å². The number of nitrogens with one attached hydrogen (secondary N) is 1. The summed E-state index contributed by atoms with van der Waals surface area (Å²) in [7, 11) is -1.13. The van der Waals surface area contributed by atoms with Crippen molar-refractivity contribution < 1.29 is 32.5 Å². The maximum Gasteiger partial charge on any atom is 0.308 e. The van der Waals surface area contributed by atoms with Crippen LogP contribution in [0.4, 0.5) is 0 Å². The van der Waals surface area contributed by atoms with E-state index in [9.17, 15) is 18.3 Å². The van der Waals surface area contributed by atoms with E-state index in [1.807, 2.05) is 0 Å². The van der Waals surface area contributed by atoms with Gasteiger partial charge in [0.25, 0.3) is 0 Å². The third kappa shape index (κ3) is 5.02. The fourth-order valence-electron chi connectivity index (χ4n) is 2.37. The van der Waals surface area contributed by atoms with Gasteiger partial charge < -0.3 is 19.3 Å². The summed E-state index contributed by atoms with van der Waals surface area (Å²) in [5.41, 5.74) is 0. The Morgan fingerprint density at radius 3 is 2.72 bits per heavy atom. The Kier molecular flexibility index (Phi) is 6.54. The van der Waals surface area contributed by atoms with E-state index in [0.29, 0.717) is 5.75 Å². The Morgan fingerprint density at radius 2 is 2.08 bits per heavy atom. The van der Waals surface area contributed by atoms with Gasteiger partial charge in [0.15, 0.2) is 0 Å². The molecule has 138 valence electrons. The molecule has 0 saturated heterocycles. The molecule has 1 aliphatic rings. The van der Waals surface area contributed by atoms with Crippen molar-refractivity contribution in [3.63, 3.8) is 0 Å². The largest absolute Gasteiger partial charge is 0.497 e. The summed E-state index contributed by atoms with van der Waals surface area (Å²) in [6, 6.07) is 5.26. The van der Waals surface area contributed by atoms with Gasteiger partial charge in [0.05, 0.1) is 44.3 Å². The Hall–Kier alpha value is -1.94. The van der Waals surface area contributed by atoms with Crippen LogP contribution in [0.3, 0.4) is 0 Å². The van der Waals surface area contributed by atoms with Crippen molar-refractivity contribution in [1.82, 2.24) is 4.72 Å². The van der Waals surface area contributed by atoms with Crippen LogP contribution in [-0.4, -0.2) is 58.6 Å². The molecule has 0 amide bonds. The van der Waals surface area contributed by atoms with Gasteiger partial charge in [-0.2, -0.15) is 0 Å². The summed E-state index contributed by atoms with van der Waals surface area (Å²) in [6.07, 6.45) is 1.72. The number of hydrogen-bond acceptors (Lipinski definition) is 7. The average Bonchev–Trinajstić information content (AvgIpc) is 2.62. The molecular formula is C16H21NO7S. The Balaban J connectivity index is 2.14. The second-order valence-corrected chi connectivity index (χ2v) is 7.10. The number of benzene rings is 1. The fourth-order valence-corrected chi connectivity index (χ4v) is 3.63. The highest BCUT2D eigenvalue weighted by atomic mass is 32.2. The number of sulfonamides is 1. The first-order valence-electron chi connectivity index (χ1n) is 7.57. The van der Waals surface area contributed by atoms with Gasteiger partial charge >= 0.3 is 5.97 Å². The molecule has 0 aliphatic carbocycles. The minimum atomic E-state index is -3.84. The molecule has 9 heteroatoms. The second kappa shape index (κ2) is 8.43. The number of carbonyl (C=O) groups excluding carboxylic acids is 1. The van der Waals surface area contributed by atoms with Crippen molar-refractivity contribution in [3.05, 3.63) is 36.4 Å². The van der Waals surface area contributed by atoms with Gasteiger partial charge in [-0.25, -0.2) is 13.1 Å². The normalized spacial score (nSPS) is 23.2. The number of aliphatic hydroxyl groups excluding tert-OH is 1. The number of rotatable bonds is 7. The second-order valence-electron chi connectivity index (χ2n) is 5.39. The van der Waals surface area contributed by atoms with Gasteiger partial charge in [-0.15, -0.1) is 0 Å². The van der Waals surface area contributed by atoms with E-state index in [0.717, 1.165) is 0 Å². The predicted molar refractivity (Wildman–Crippen MR) is 88.6 cm³/mol. The first-order chi connectivity index (χ1) is 11.9. The Morgan fingerprint density at radius 1 is 1.32 bits per heavy atom. The first-order valence-corrected chi connectivity index (χ1v) is 9.05. The standard InChI is InChI=1S/C16H21NO7S/c1-22-11-4-3-5-13(8-11)25(20,21)17-14-7-6-12(9-16(19)23-2)24-15(14)10-18/h3-8,12,14-15,17-18H,9-10H2,1-2H3/t12-,14+,15+/m0/s1. The maximum absolute atomic E-state index is 12.5. The van der Waals surface area contributed by atoms with E-state index in [1.165, 1.54) is 26.4 Å². The molecule has 0 bridgehead atoms. The summed E-state index contributed by atoms with van der Waals surface area (Å²) in [5, 5.41) is 9.49. The van der Waals surface area contributed by atoms with E-state index in [4.69, 9.17) is 9.47 Å². The molecule has 3 atom stereocenters. The van der Waals surface area contributed by atoms with Crippen molar-refractivity contribution >= 4 is 16.0 Å². The molecule has 0 spiro atoms. The molecular weight excluding hydrogens is 350 g/mol. The summed E-state index contributed by atoms with van der Waals surface area (Å²) in [6.45, 7) is -0.409. The molecule has 0 fully saturated rings. The lowest BCUT2D eigenvalue weighted by Gasteiger charge is -2.31. The van der Waals surface area contributed by atoms with Crippen LogP contribution >= 0.6 is 0 Å². The van der Waals surface area contributed by atoms with Crippen molar-refractivity contribution in [2.75, 3.05) is 20.8 Å². The van der Waals surface area contributed by atoms with Crippen LogP contribution in [0, 0.1) is 0 Å². The predicted octanol–water partition coefficient (Wildman–Crippen LogP) is 0.221. The van der Waals surface area contributed by atoms with Crippen molar-refractivity contribution in [2.45, 2.75) is 29.6 Å². The summed E-state index contributed by atoms with van der Waals surface area (Å²) < 4.78 is 42.7. The molecule has 1 heterocycles. The first kappa shape index (κ1) is 19.4. The molecule has 0 aromatic heterocycles. The Bertz CT molecular complexity index is 732. The fraction of sp³-hybridized carbons (Fsp3) is 0.438. The number of esters is 1. The van der Waals surface area contributed by atoms with E-state index in [-0.39, 0.29) is 11.3 Å². The van der Waals surface area contributed by atoms with Crippen LogP contribution in [0.2, 0.25) is 0 Å². The minimum absolute atomic E-state index is 0.0150. The lowest BCUT2D eigenvalue weighted by atomic mass is 10.1. The monoisotopic (exact) mass is 371 g/mol. The number of methoxy groups -OCH3 is 2. The molecule has 1 aliphatic heterocycles. The number of carbonyl (C=O) groups is 1. The summed E-state index contributed by atoms with van der Waals surface area (Å²) >= 11 is 0. The molecule has 2 rings (SSSR count). The van der Waals surface area contributed by atoms with Crippen LogP contribution in [0.25, 0.3) is 0 Å². The molecule has 1 aromatic rings. The molecule has 8 nitrogen and oxygen atoms in total. The zero-order chi connectivity index (χ0) is 18.4. The number of hydrogen-bond donors (Lipinski definition) is 2. The summed E-state index contributed by atoms with van der Waals surface area (Å²) in [4.78, 5) is 11.3. The molecule has 1 aromatic carbocycles. The molecule has 0 radical (unpaired) electrons. The topological polar surface area (TPSA) is 111 Å². The van der Waals surface area contributed by atoms with E-state index < -0.39 is 40.8 Å². The van der Waals surface area contributed by atoms with Crippen LogP contribution in [0.1, 0.15) is 6.42 Å². The number of ether oxygens (including phenoxy) is 3. The van der Waals surface area contributed by atoms with Gasteiger partial charge in [-0.3, -0.25) is 4.79 Å². The minimum Gasteiger partial charge on any atom is -0.497 e. The van der Waals surface area contributed by atoms with Crippen molar-refractivity contribution in [1.29, 1.82) is 0 Å². The van der Waals surface area contributed by atoms with Crippen LogP contribution in [-0.2, 0) is 24.3 Å². The number of aliphatic hydroxyl groups is 1. The molecule has 2 N–H and O–H groups in total. The molecule has 0 unspecified atom stereocenters. The smallest absolute Gasteiger partial charge is 0.308 e. The van der Waals surface area contributed by atoms with Gasteiger partial charge in [0, 0.05) is 6.07 Å². The van der Waals surface area contributed by atoms with E-state index in [2.05, 4.69) is 9.46 Å². The van der Waals surface area contributed by atoms with Crippen LogP contribution in [0.15, 0.2) is 41.3 Å². The van der Waals surface area contributed by atoms with Gasteiger partial charge in [0.1, 0.15) is 11.9 Å². The van der Waals surface area contributed by atoms with Crippen LogP contribution in [0.5, 0.6) is 5.75 Å². The summed E-state index contributed by atoms with van der Waals surface area (Å²) in [5.74, 6) is -0.0445. The SMILES string of the molecule is COC(=O)C[C@@H]1C=C[C@@H](NS(=O)(=O)c2cccc(OC)c2)[C@@H](CO)O1. The average molecular weight is 371 g/mol. The van der Waals surface area contributed by atoms with Crippen molar-refractivity contribution in [2.24, 2.45) is 0 Å². The van der Waals surface area contributed by atoms with Gasteiger partial charge in [-0.05, 0) is 12.1 Å². The third-order valence-electron chi connectivity index (χ3n) is 3.70. The molecule has 0 saturated carbocycles. The maximum atomic E-state index is 12.5. The third-order valence-corrected chi connectivity index (χ3v) is 5.16. The highest BCUT2D eigenvalue weighted by Crippen LogP contribution is 2.20. The highest BCUT2D eigenvalue weighted by Gasteiger charge is 2.31. The van der Waals surface area contributed by atoms with Crippen LogP contribution < -0.4 is 9.46 Å². The van der Waals surface area contributed by atoms with Gasteiger partial charge in [-0.1, -0.05) is 18.2 Å². The molecule has 25 heavy (non-hydrogen) atoms. The zero-order valence-electron chi connectivity index (χ0n) is 13.9. The Labute approximate surface area is 146 Å². The van der Waals surface area contributed by atoms with E-state index in [1.54, 1.807) is 24.3 Å². The quantitative estimate of drug-likeness (QED) is 0.521.